The summed E-state index contributed by atoms with van der Waals surface area (Å²) in [6.45, 7) is 3.73. The van der Waals surface area contributed by atoms with Gasteiger partial charge >= 0.3 is 0 Å². The van der Waals surface area contributed by atoms with Crippen molar-refractivity contribution in [3.63, 3.8) is 0 Å². The molecule has 2 fully saturated rings. The zero-order valence-electron chi connectivity index (χ0n) is 20.4. The second-order valence-corrected chi connectivity index (χ2v) is 11.6. The highest BCUT2D eigenvalue weighted by molar-refractivity contribution is 7.89. The van der Waals surface area contributed by atoms with Crippen LogP contribution in [0.4, 0.5) is 0 Å². The second-order valence-electron chi connectivity index (χ2n) is 9.23. The van der Waals surface area contributed by atoms with Crippen molar-refractivity contribution in [1.82, 2.24) is 14.1 Å². The Morgan fingerprint density at radius 1 is 1.11 bits per heavy atom. The Hall–Kier alpha value is -2.92. The molecule has 2 atom stereocenters. The topological polar surface area (TPSA) is 100 Å². The lowest BCUT2D eigenvalue weighted by Crippen LogP contribution is -2.53. The van der Waals surface area contributed by atoms with E-state index in [0.29, 0.717) is 42.5 Å². The molecule has 5 rings (SSSR count). The largest absolute Gasteiger partial charge is 0.468 e. The van der Waals surface area contributed by atoms with Gasteiger partial charge in [0.05, 0.1) is 30.9 Å². The molecular formula is C26H28ClN3O6S. The Labute approximate surface area is 220 Å². The number of hydrogen-bond donors (Lipinski definition) is 0. The van der Waals surface area contributed by atoms with E-state index in [4.69, 9.17) is 20.8 Å². The van der Waals surface area contributed by atoms with Gasteiger partial charge in [-0.15, -0.1) is 0 Å². The van der Waals surface area contributed by atoms with Crippen LogP contribution in [0.2, 0.25) is 5.02 Å². The van der Waals surface area contributed by atoms with Crippen LogP contribution in [-0.2, 0) is 30.9 Å². The SMILES string of the molecule is C[C@@H](C(=O)N1CCOCC1)N1CCC(N(Cc2ccco2)S(=O)(=O)c2ccc3cc(Cl)ccc3c2)C1=O. The molecule has 1 unspecified atom stereocenters. The fourth-order valence-corrected chi connectivity index (χ4v) is 6.72. The van der Waals surface area contributed by atoms with Crippen LogP contribution in [0.15, 0.2) is 64.1 Å². The zero-order valence-corrected chi connectivity index (χ0v) is 22.0. The van der Waals surface area contributed by atoms with E-state index in [-0.39, 0.29) is 30.3 Å². The fraction of sp³-hybridized carbons (Fsp3) is 0.385. The number of amides is 2. The first-order valence-electron chi connectivity index (χ1n) is 12.2. The lowest BCUT2D eigenvalue weighted by atomic mass is 10.1. The van der Waals surface area contributed by atoms with Crippen LogP contribution in [0.1, 0.15) is 19.1 Å². The van der Waals surface area contributed by atoms with Gasteiger partial charge in [0.2, 0.25) is 21.8 Å². The van der Waals surface area contributed by atoms with Crippen LogP contribution < -0.4 is 0 Å². The van der Waals surface area contributed by atoms with Crippen molar-refractivity contribution in [3.8, 4) is 0 Å². The number of furan rings is 1. The van der Waals surface area contributed by atoms with Gasteiger partial charge in [-0.05, 0) is 60.5 Å². The maximum Gasteiger partial charge on any atom is 0.245 e. The Kier molecular flexibility index (Phi) is 7.26. The maximum absolute atomic E-state index is 14.0. The van der Waals surface area contributed by atoms with Crippen molar-refractivity contribution in [2.75, 3.05) is 32.8 Å². The molecule has 9 nitrogen and oxygen atoms in total. The number of sulfonamides is 1. The summed E-state index contributed by atoms with van der Waals surface area (Å²) in [6.07, 6.45) is 1.73. The lowest BCUT2D eigenvalue weighted by Gasteiger charge is -2.33. The summed E-state index contributed by atoms with van der Waals surface area (Å²) in [5.74, 6) is -0.136. The molecule has 3 heterocycles. The Balaban J connectivity index is 1.44. The van der Waals surface area contributed by atoms with Gasteiger partial charge in [-0.1, -0.05) is 23.7 Å². The van der Waals surface area contributed by atoms with Crippen molar-refractivity contribution in [1.29, 1.82) is 0 Å². The van der Waals surface area contributed by atoms with E-state index >= 15 is 0 Å². The minimum Gasteiger partial charge on any atom is -0.468 e. The summed E-state index contributed by atoms with van der Waals surface area (Å²) >= 11 is 6.08. The van der Waals surface area contributed by atoms with Gasteiger partial charge in [-0.3, -0.25) is 9.59 Å². The molecule has 1 aromatic heterocycles. The average Bonchev–Trinajstić information content (AvgIpc) is 3.56. The monoisotopic (exact) mass is 545 g/mol. The molecule has 0 N–H and O–H groups in total. The highest BCUT2D eigenvalue weighted by Crippen LogP contribution is 2.30. The van der Waals surface area contributed by atoms with Crippen LogP contribution >= 0.6 is 11.6 Å². The standard InChI is InChI=1S/C26H28ClN3O6S/c1-18(25(31)28-10-13-35-14-11-28)29-9-8-24(26(29)32)30(17-22-3-2-12-36-22)37(33,34)23-7-5-19-15-21(27)6-4-20(19)16-23/h2-7,12,15-16,18,24H,8-11,13-14,17H2,1H3/t18-,24?/m0/s1. The number of carbonyl (C=O) groups is 2. The minimum absolute atomic E-state index is 0.0672. The van der Waals surface area contributed by atoms with Crippen molar-refractivity contribution >= 4 is 44.2 Å². The van der Waals surface area contributed by atoms with E-state index in [1.165, 1.54) is 21.5 Å². The molecule has 2 aliphatic rings. The quantitative estimate of drug-likeness (QED) is 0.452. The number of rotatable bonds is 7. The summed E-state index contributed by atoms with van der Waals surface area (Å²) in [6, 6.07) is 11.7. The Morgan fingerprint density at radius 3 is 2.57 bits per heavy atom. The summed E-state index contributed by atoms with van der Waals surface area (Å²) in [7, 11) is -4.10. The Morgan fingerprint density at radius 2 is 1.84 bits per heavy atom. The summed E-state index contributed by atoms with van der Waals surface area (Å²) in [4.78, 5) is 29.9. The third kappa shape index (κ3) is 5.11. The fourth-order valence-electron chi connectivity index (χ4n) is 4.93. The van der Waals surface area contributed by atoms with Crippen molar-refractivity contribution in [2.24, 2.45) is 0 Å². The summed E-state index contributed by atoms with van der Waals surface area (Å²) < 4.78 is 39.9. The number of fused-ring (bicyclic) bond motifs is 1. The summed E-state index contributed by atoms with van der Waals surface area (Å²) in [5, 5.41) is 2.08. The maximum atomic E-state index is 14.0. The molecule has 0 saturated carbocycles. The molecular weight excluding hydrogens is 518 g/mol. The first-order valence-corrected chi connectivity index (χ1v) is 14.0. The Bertz CT molecular complexity index is 1400. The molecule has 2 aliphatic heterocycles. The van der Waals surface area contributed by atoms with Crippen LogP contribution in [0.25, 0.3) is 10.8 Å². The van der Waals surface area contributed by atoms with E-state index in [0.717, 1.165) is 5.39 Å². The van der Waals surface area contributed by atoms with Crippen molar-refractivity contribution in [2.45, 2.75) is 36.9 Å². The van der Waals surface area contributed by atoms with Crippen molar-refractivity contribution in [3.05, 3.63) is 65.6 Å². The second kappa shape index (κ2) is 10.4. The predicted molar refractivity (Wildman–Crippen MR) is 137 cm³/mol. The smallest absolute Gasteiger partial charge is 0.245 e. The van der Waals surface area contributed by atoms with E-state index in [1.807, 2.05) is 0 Å². The van der Waals surface area contributed by atoms with Crippen molar-refractivity contribution < 1.29 is 27.2 Å². The van der Waals surface area contributed by atoms with Gasteiger partial charge in [0.1, 0.15) is 17.8 Å². The third-order valence-corrected chi connectivity index (χ3v) is 9.06. The highest BCUT2D eigenvalue weighted by Gasteiger charge is 2.45. The lowest BCUT2D eigenvalue weighted by molar-refractivity contribution is -0.146. The van der Waals surface area contributed by atoms with Crippen LogP contribution in [0.5, 0.6) is 0 Å². The number of hydrogen-bond acceptors (Lipinski definition) is 6. The predicted octanol–water partition coefficient (Wildman–Crippen LogP) is 3.13. The van der Waals surface area contributed by atoms with Gasteiger partial charge < -0.3 is 19.0 Å². The molecule has 0 radical (unpaired) electrons. The molecule has 0 bridgehead atoms. The van der Waals surface area contributed by atoms with Crippen LogP contribution in [0, 0.1) is 0 Å². The molecule has 11 heteroatoms. The number of carbonyl (C=O) groups excluding carboxylic acids is 2. The molecule has 2 aromatic carbocycles. The first-order chi connectivity index (χ1) is 17.8. The number of nitrogens with zero attached hydrogens (tertiary/aromatic N) is 3. The van der Waals surface area contributed by atoms with E-state index in [9.17, 15) is 18.0 Å². The number of benzene rings is 2. The van der Waals surface area contributed by atoms with Crippen LogP contribution in [-0.4, -0.2) is 79.3 Å². The average molecular weight is 546 g/mol. The zero-order chi connectivity index (χ0) is 26.2. The van der Waals surface area contributed by atoms with Gasteiger partial charge in [-0.2, -0.15) is 4.31 Å². The van der Waals surface area contributed by atoms with Gasteiger partial charge in [-0.25, -0.2) is 8.42 Å². The third-order valence-electron chi connectivity index (χ3n) is 6.98. The summed E-state index contributed by atoms with van der Waals surface area (Å²) in [5.41, 5.74) is 0. The molecule has 0 spiro atoms. The molecule has 0 aliphatic carbocycles. The molecule has 2 saturated heterocycles. The van der Waals surface area contributed by atoms with E-state index < -0.39 is 28.0 Å². The van der Waals surface area contributed by atoms with Gasteiger partial charge in [0, 0.05) is 24.7 Å². The molecule has 196 valence electrons. The molecule has 37 heavy (non-hydrogen) atoms. The number of halogens is 1. The van der Waals surface area contributed by atoms with E-state index in [1.54, 1.807) is 54.3 Å². The highest BCUT2D eigenvalue weighted by atomic mass is 35.5. The number of morpholine rings is 1. The molecule has 2 amide bonds. The molecule has 3 aromatic rings. The van der Waals surface area contributed by atoms with E-state index in [2.05, 4.69) is 0 Å². The van der Waals surface area contributed by atoms with Gasteiger partial charge in [0.15, 0.2) is 0 Å². The number of likely N-dealkylation sites (tertiary alicyclic amines) is 1. The van der Waals surface area contributed by atoms with Gasteiger partial charge in [0.25, 0.3) is 0 Å². The normalized spacial score (nSPS) is 19.6. The first kappa shape index (κ1) is 25.7. The van der Waals surface area contributed by atoms with Crippen LogP contribution in [0.3, 0.4) is 0 Å². The minimum atomic E-state index is -4.10. The number of ether oxygens (including phenoxy) is 1.